The van der Waals surface area contributed by atoms with Gasteiger partial charge in [-0.2, -0.15) is 0 Å². The summed E-state index contributed by atoms with van der Waals surface area (Å²) in [6.07, 6.45) is -35.3. The average molecular weight is 667 g/mol. The predicted octanol–water partition coefficient (Wildman–Crippen LogP) is -9.75. The summed E-state index contributed by atoms with van der Waals surface area (Å²) in [5.41, 5.74) is 0. The molecule has 21 nitrogen and oxygen atoms in total. The summed E-state index contributed by atoms with van der Waals surface area (Å²) in [7, 11) is 0. The average Bonchev–Trinajstić information content (AvgIpc) is 3.03. The minimum absolute atomic E-state index is 0.784. The summed E-state index contributed by atoms with van der Waals surface area (Å²) in [6.45, 7) is -3.39. The third kappa shape index (κ3) is 7.44. The summed E-state index contributed by atoms with van der Waals surface area (Å²) < 4.78 is 37.7. The van der Waals surface area contributed by atoms with Crippen molar-refractivity contribution in [2.75, 3.05) is 26.4 Å². The van der Waals surface area contributed by atoms with Gasteiger partial charge in [0.1, 0.15) is 97.7 Å². The standard InChI is InChI=1S/C24H42O21/c25-1-5-9(29)10(30)15(35)22(40-5)44-19-7(3-27)42-24(17(37)12(19)32)45-20-8(4-28)41-23(16(36)13(20)33)43-18-6(2-26)39-21(38)14(34)11(18)31/h5-38H,1-4H2/t5-,6-,7-,8-,9-,10+,11-,12-,13-,14-,15-,16-,17-,18-,19-,20-,21+,22+,23-,24-/m1/s1. The van der Waals surface area contributed by atoms with Crippen LogP contribution in [0.15, 0.2) is 0 Å². The van der Waals surface area contributed by atoms with Crippen molar-refractivity contribution in [1.29, 1.82) is 0 Å². The maximum Gasteiger partial charge on any atom is 0.187 e. The largest absolute Gasteiger partial charge is 0.394 e. The van der Waals surface area contributed by atoms with E-state index in [0.29, 0.717) is 0 Å². The first-order valence-corrected chi connectivity index (χ1v) is 14.1. The second kappa shape index (κ2) is 15.6. The Morgan fingerprint density at radius 3 is 1.02 bits per heavy atom. The molecule has 0 radical (unpaired) electrons. The first kappa shape index (κ1) is 37.0. The Balaban J connectivity index is 1.43. The lowest BCUT2D eigenvalue weighted by atomic mass is 9.95. The second-order valence-electron chi connectivity index (χ2n) is 11.1. The van der Waals surface area contributed by atoms with E-state index in [2.05, 4.69) is 0 Å². The molecule has 4 rings (SSSR count). The highest BCUT2D eigenvalue weighted by atomic mass is 16.8. The summed E-state index contributed by atoms with van der Waals surface area (Å²) >= 11 is 0. The van der Waals surface area contributed by atoms with E-state index in [0.717, 1.165) is 0 Å². The molecule has 0 amide bonds. The topological polar surface area (TPSA) is 348 Å². The molecule has 0 aromatic heterocycles. The van der Waals surface area contributed by atoms with Crippen molar-refractivity contribution in [2.45, 2.75) is 123 Å². The van der Waals surface area contributed by atoms with E-state index in [-0.39, 0.29) is 0 Å². The molecule has 21 heteroatoms. The van der Waals surface area contributed by atoms with Crippen LogP contribution < -0.4 is 0 Å². The van der Waals surface area contributed by atoms with Crippen LogP contribution in [-0.2, 0) is 33.2 Å². The molecule has 0 aromatic rings. The van der Waals surface area contributed by atoms with Crippen LogP contribution in [0.5, 0.6) is 0 Å². The van der Waals surface area contributed by atoms with Crippen LogP contribution in [0.25, 0.3) is 0 Å². The molecule has 264 valence electrons. The Kier molecular flexibility index (Phi) is 12.8. The van der Waals surface area contributed by atoms with Gasteiger partial charge in [-0.05, 0) is 0 Å². The van der Waals surface area contributed by atoms with Crippen molar-refractivity contribution in [2.24, 2.45) is 0 Å². The summed E-state index contributed by atoms with van der Waals surface area (Å²) in [6, 6.07) is 0. The third-order valence-corrected chi connectivity index (χ3v) is 8.20. The first-order chi connectivity index (χ1) is 21.3. The zero-order valence-corrected chi connectivity index (χ0v) is 23.5. The fraction of sp³-hybridized carbons (Fsp3) is 1.00. The van der Waals surface area contributed by atoms with Gasteiger partial charge in [0, 0.05) is 0 Å². The van der Waals surface area contributed by atoms with Gasteiger partial charge in [-0.3, -0.25) is 0 Å². The Morgan fingerprint density at radius 2 is 0.644 bits per heavy atom. The third-order valence-electron chi connectivity index (χ3n) is 8.20. The maximum absolute atomic E-state index is 10.9. The van der Waals surface area contributed by atoms with Crippen molar-refractivity contribution < 1.29 is 105 Å². The number of hydrogen-bond donors (Lipinski definition) is 14. The highest BCUT2D eigenvalue weighted by Crippen LogP contribution is 2.34. The van der Waals surface area contributed by atoms with Crippen molar-refractivity contribution in [1.82, 2.24) is 0 Å². The fourth-order valence-electron chi connectivity index (χ4n) is 5.55. The fourth-order valence-corrected chi connectivity index (χ4v) is 5.55. The van der Waals surface area contributed by atoms with E-state index in [9.17, 15) is 71.5 Å². The zero-order chi connectivity index (χ0) is 33.3. The molecule has 0 bridgehead atoms. The Labute approximate surface area is 254 Å². The normalized spacial score (nSPS) is 52.9. The van der Waals surface area contributed by atoms with Gasteiger partial charge in [0.15, 0.2) is 25.2 Å². The molecule has 20 atom stereocenters. The van der Waals surface area contributed by atoms with Crippen LogP contribution in [0.3, 0.4) is 0 Å². The quantitative estimate of drug-likeness (QED) is 0.103. The zero-order valence-electron chi connectivity index (χ0n) is 23.5. The lowest BCUT2D eigenvalue weighted by molar-refractivity contribution is -0.387. The van der Waals surface area contributed by atoms with E-state index in [4.69, 9.17) is 33.2 Å². The van der Waals surface area contributed by atoms with Gasteiger partial charge in [0.25, 0.3) is 0 Å². The highest BCUT2D eigenvalue weighted by Gasteiger charge is 2.55. The van der Waals surface area contributed by atoms with E-state index in [1.807, 2.05) is 0 Å². The first-order valence-electron chi connectivity index (χ1n) is 14.1. The van der Waals surface area contributed by atoms with E-state index < -0.39 is 149 Å². The van der Waals surface area contributed by atoms with Gasteiger partial charge in [-0.15, -0.1) is 0 Å². The second-order valence-corrected chi connectivity index (χ2v) is 11.1. The number of aliphatic hydroxyl groups is 14. The Bertz CT molecular complexity index is 910. The van der Waals surface area contributed by atoms with Crippen LogP contribution in [0, 0.1) is 0 Å². The van der Waals surface area contributed by atoms with E-state index in [1.54, 1.807) is 0 Å². The van der Waals surface area contributed by atoms with Crippen molar-refractivity contribution in [3.8, 4) is 0 Å². The van der Waals surface area contributed by atoms with Crippen LogP contribution >= 0.6 is 0 Å². The molecule has 4 fully saturated rings. The predicted molar refractivity (Wildman–Crippen MR) is 134 cm³/mol. The molecule has 0 unspecified atom stereocenters. The molecule has 4 saturated heterocycles. The van der Waals surface area contributed by atoms with Crippen molar-refractivity contribution >= 4 is 0 Å². The molecule has 0 aromatic carbocycles. The maximum atomic E-state index is 10.9. The molecule has 4 heterocycles. The molecule has 4 aliphatic rings. The molecular weight excluding hydrogens is 624 g/mol. The van der Waals surface area contributed by atoms with Gasteiger partial charge < -0.3 is 105 Å². The lowest BCUT2D eigenvalue weighted by Crippen LogP contribution is -2.67. The van der Waals surface area contributed by atoms with E-state index in [1.165, 1.54) is 0 Å². The highest BCUT2D eigenvalue weighted by molar-refractivity contribution is 4.97. The monoisotopic (exact) mass is 666 g/mol. The number of ether oxygens (including phenoxy) is 7. The minimum atomic E-state index is -2.02. The van der Waals surface area contributed by atoms with Gasteiger partial charge >= 0.3 is 0 Å². The molecule has 4 aliphatic heterocycles. The van der Waals surface area contributed by atoms with Gasteiger partial charge in [0.2, 0.25) is 0 Å². The van der Waals surface area contributed by atoms with Gasteiger partial charge in [-0.25, -0.2) is 0 Å². The number of rotatable bonds is 10. The van der Waals surface area contributed by atoms with E-state index >= 15 is 0 Å². The summed E-state index contributed by atoms with van der Waals surface area (Å²) in [5, 5.41) is 142. The number of hydrogen-bond acceptors (Lipinski definition) is 21. The van der Waals surface area contributed by atoms with Crippen LogP contribution in [-0.4, -0.2) is 221 Å². The van der Waals surface area contributed by atoms with Gasteiger partial charge in [0.05, 0.1) is 26.4 Å². The summed E-state index contributed by atoms with van der Waals surface area (Å²) in [5.74, 6) is 0. The smallest absolute Gasteiger partial charge is 0.187 e. The van der Waals surface area contributed by atoms with Gasteiger partial charge in [-0.1, -0.05) is 0 Å². The minimum Gasteiger partial charge on any atom is -0.394 e. The summed E-state index contributed by atoms with van der Waals surface area (Å²) in [4.78, 5) is 0. The van der Waals surface area contributed by atoms with Crippen molar-refractivity contribution in [3.63, 3.8) is 0 Å². The van der Waals surface area contributed by atoms with Crippen molar-refractivity contribution in [3.05, 3.63) is 0 Å². The SMILES string of the molecule is OC[C@H]1O[C@@H](O[C@H]2[C@H](O)[C@@H](O)[C@@H](O[C@H]3[C@H](O)[C@@H](O)[C@@H](O[C@H]4[C@H](O)[C@@H](O)[C@@H](O)O[C@@H]4CO)O[C@@H]3CO)O[C@@H]2CO)[C@H](O)[C@@H](O)[C@@H]1O. The Morgan fingerprint density at radius 1 is 0.333 bits per heavy atom. The van der Waals surface area contributed by atoms with Crippen LogP contribution in [0.2, 0.25) is 0 Å². The van der Waals surface area contributed by atoms with Crippen LogP contribution in [0.4, 0.5) is 0 Å². The molecule has 0 aliphatic carbocycles. The molecule has 0 saturated carbocycles. The Hall–Kier alpha value is -0.840. The molecule has 45 heavy (non-hydrogen) atoms. The molecule has 14 N–H and O–H groups in total. The number of aliphatic hydroxyl groups excluding tert-OH is 14. The molecular formula is C24H42O21. The van der Waals surface area contributed by atoms with Crippen LogP contribution in [0.1, 0.15) is 0 Å². The lowest BCUT2D eigenvalue weighted by Gasteiger charge is -2.49. The molecule has 0 spiro atoms.